The van der Waals surface area contributed by atoms with Crippen LogP contribution in [0.5, 0.6) is 11.5 Å². The Kier molecular flexibility index (Phi) is 7.30. The molecule has 1 unspecified atom stereocenters. The van der Waals surface area contributed by atoms with E-state index in [-0.39, 0.29) is 29.7 Å². The number of carbonyl (C=O) groups is 1. The van der Waals surface area contributed by atoms with E-state index in [1.54, 1.807) is 32.4 Å². The van der Waals surface area contributed by atoms with Crippen LogP contribution in [0, 0.1) is 11.8 Å². The molecule has 0 aromatic heterocycles. The van der Waals surface area contributed by atoms with Gasteiger partial charge in [-0.15, -0.1) is 0 Å². The number of allylic oxidation sites excluding steroid dienone is 2. The SMILES string of the molecule is CCS(=O)(=O)C=CN1CCCCC1N1N=C(c2ccc(OC)c(OC)c2)[C@H]2CC=CC[C@H]2C1=O. The van der Waals surface area contributed by atoms with Crippen LogP contribution >= 0.6 is 0 Å². The van der Waals surface area contributed by atoms with Gasteiger partial charge in [-0.3, -0.25) is 4.79 Å². The van der Waals surface area contributed by atoms with Crippen LogP contribution in [0.15, 0.2) is 47.1 Å². The second kappa shape index (κ2) is 10.2. The molecular formula is C25H33N3O5S. The average molecular weight is 488 g/mol. The zero-order valence-corrected chi connectivity index (χ0v) is 20.8. The van der Waals surface area contributed by atoms with E-state index in [0.29, 0.717) is 24.5 Å². The highest BCUT2D eigenvalue weighted by molar-refractivity contribution is 7.94. The molecule has 9 heteroatoms. The van der Waals surface area contributed by atoms with E-state index in [4.69, 9.17) is 14.6 Å². The first-order valence-corrected chi connectivity index (χ1v) is 13.6. The summed E-state index contributed by atoms with van der Waals surface area (Å²) in [5.74, 6) is 1.08. The molecule has 34 heavy (non-hydrogen) atoms. The molecule has 4 rings (SSSR count). The zero-order chi connectivity index (χ0) is 24.3. The maximum Gasteiger partial charge on any atom is 0.248 e. The number of methoxy groups -OCH3 is 2. The number of piperidine rings is 1. The molecule has 0 spiro atoms. The first-order chi connectivity index (χ1) is 16.4. The molecular weight excluding hydrogens is 454 g/mol. The molecule has 2 aliphatic heterocycles. The minimum atomic E-state index is -3.27. The number of amides is 1. The molecule has 0 bridgehead atoms. The molecule has 0 N–H and O–H groups in total. The summed E-state index contributed by atoms with van der Waals surface area (Å²) in [7, 11) is -0.0708. The maximum absolute atomic E-state index is 13.6. The standard InChI is InChI=1S/C25H33N3O5S/c1-4-34(30,31)16-15-27-14-8-7-11-23(27)28-25(29)20-10-6-5-9-19(20)24(26-28)18-12-13-21(32-2)22(17-18)33-3/h5-6,12-13,15-17,19-20,23H,4,7-11,14H2,1-3H3/t19-,20+,23?/m0/s1. The normalized spacial score (nSPS) is 25.3. The van der Waals surface area contributed by atoms with Crippen molar-refractivity contribution in [2.24, 2.45) is 16.9 Å². The Morgan fingerprint density at radius 2 is 1.82 bits per heavy atom. The minimum absolute atomic E-state index is 0.00206. The molecule has 3 aliphatic rings. The van der Waals surface area contributed by atoms with E-state index < -0.39 is 9.84 Å². The smallest absolute Gasteiger partial charge is 0.248 e. The summed E-state index contributed by atoms with van der Waals surface area (Å²) < 4.78 is 35.1. The Hall–Kier alpha value is -2.81. The molecule has 184 valence electrons. The largest absolute Gasteiger partial charge is 0.493 e. The average Bonchev–Trinajstić information content (AvgIpc) is 2.88. The van der Waals surface area contributed by atoms with Gasteiger partial charge in [-0.05, 0) is 50.3 Å². The Morgan fingerprint density at radius 3 is 2.53 bits per heavy atom. The van der Waals surface area contributed by atoms with Crippen molar-refractivity contribution in [3.05, 3.63) is 47.5 Å². The third kappa shape index (κ3) is 4.85. The second-order valence-electron chi connectivity index (χ2n) is 8.84. The second-order valence-corrected chi connectivity index (χ2v) is 11.0. The van der Waals surface area contributed by atoms with E-state index in [1.807, 2.05) is 23.1 Å². The number of hydrazone groups is 1. The molecule has 1 aromatic carbocycles. The van der Waals surface area contributed by atoms with Gasteiger partial charge >= 0.3 is 0 Å². The van der Waals surface area contributed by atoms with Crippen molar-refractivity contribution in [3.63, 3.8) is 0 Å². The highest BCUT2D eigenvalue weighted by Gasteiger charge is 2.43. The van der Waals surface area contributed by atoms with Crippen LogP contribution in [-0.4, -0.2) is 62.6 Å². The van der Waals surface area contributed by atoms with Gasteiger partial charge < -0.3 is 14.4 Å². The fraction of sp³-hybridized carbons (Fsp3) is 0.520. The number of sulfone groups is 1. The summed E-state index contributed by atoms with van der Waals surface area (Å²) >= 11 is 0. The molecule has 8 nitrogen and oxygen atoms in total. The van der Waals surface area contributed by atoms with Crippen molar-refractivity contribution < 1.29 is 22.7 Å². The van der Waals surface area contributed by atoms with Crippen LogP contribution in [0.4, 0.5) is 0 Å². The predicted octanol–water partition coefficient (Wildman–Crippen LogP) is 3.55. The van der Waals surface area contributed by atoms with Crippen molar-refractivity contribution >= 4 is 21.5 Å². The molecule has 1 amide bonds. The number of ether oxygens (including phenoxy) is 2. The van der Waals surface area contributed by atoms with Gasteiger partial charge in [0.2, 0.25) is 5.91 Å². The van der Waals surface area contributed by atoms with E-state index in [1.165, 1.54) is 5.41 Å². The van der Waals surface area contributed by atoms with Crippen LogP contribution in [0.3, 0.4) is 0 Å². The van der Waals surface area contributed by atoms with Gasteiger partial charge in [-0.25, -0.2) is 13.4 Å². The fourth-order valence-electron chi connectivity index (χ4n) is 4.92. The monoisotopic (exact) mass is 487 g/mol. The fourth-order valence-corrected chi connectivity index (χ4v) is 5.45. The number of likely N-dealkylation sites (tertiary alicyclic amines) is 1. The lowest BCUT2D eigenvalue weighted by Crippen LogP contribution is -2.55. The number of hydrogen-bond acceptors (Lipinski definition) is 7. The predicted molar refractivity (Wildman–Crippen MR) is 131 cm³/mol. The van der Waals surface area contributed by atoms with Gasteiger partial charge in [0, 0.05) is 29.6 Å². The summed E-state index contributed by atoms with van der Waals surface area (Å²) in [6.45, 7) is 2.30. The molecule has 2 heterocycles. The van der Waals surface area contributed by atoms with Crippen LogP contribution in [-0.2, 0) is 14.6 Å². The Morgan fingerprint density at radius 1 is 1.09 bits per heavy atom. The number of hydrogen-bond donors (Lipinski definition) is 0. The van der Waals surface area contributed by atoms with Crippen molar-refractivity contribution in [3.8, 4) is 11.5 Å². The maximum atomic E-state index is 13.6. The summed E-state index contributed by atoms with van der Waals surface area (Å²) in [4.78, 5) is 15.6. The topological polar surface area (TPSA) is 88.5 Å². The van der Waals surface area contributed by atoms with Crippen molar-refractivity contribution in [2.45, 2.75) is 45.2 Å². The van der Waals surface area contributed by atoms with Gasteiger partial charge in [0.05, 0.1) is 31.6 Å². The lowest BCUT2D eigenvalue weighted by atomic mass is 9.76. The van der Waals surface area contributed by atoms with Crippen molar-refractivity contribution in [2.75, 3.05) is 26.5 Å². The Bertz CT molecular complexity index is 1110. The van der Waals surface area contributed by atoms with Crippen LogP contribution in [0.2, 0.25) is 0 Å². The Labute approximate surface area is 201 Å². The van der Waals surface area contributed by atoms with Crippen molar-refractivity contribution in [1.82, 2.24) is 9.91 Å². The molecule has 1 saturated heterocycles. The number of fused-ring (bicyclic) bond motifs is 1. The third-order valence-electron chi connectivity index (χ3n) is 6.88. The molecule has 0 radical (unpaired) electrons. The highest BCUT2D eigenvalue weighted by Crippen LogP contribution is 2.38. The molecule has 3 atom stereocenters. The van der Waals surface area contributed by atoms with E-state index in [9.17, 15) is 13.2 Å². The van der Waals surface area contributed by atoms with Gasteiger partial charge in [0.25, 0.3) is 0 Å². The summed E-state index contributed by atoms with van der Waals surface area (Å²) in [5, 5.41) is 7.79. The number of carbonyl (C=O) groups excluding carboxylic acids is 1. The van der Waals surface area contributed by atoms with Gasteiger partial charge in [-0.1, -0.05) is 19.1 Å². The van der Waals surface area contributed by atoms with Gasteiger partial charge in [0.1, 0.15) is 6.17 Å². The highest BCUT2D eigenvalue weighted by atomic mass is 32.2. The lowest BCUT2D eigenvalue weighted by Gasteiger charge is -2.45. The van der Waals surface area contributed by atoms with Crippen LogP contribution in [0.25, 0.3) is 0 Å². The van der Waals surface area contributed by atoms with Gasteiger partial charge in [-0.2, -0.15) is 5.10 Å². The van der Waals surface area contributed by atoms with Crippen LogP contribution in [0.1, 0.15) is 44.6 Å². The molecule has 1 aromatic rings. The van der Waals surface area contributed by atoms with E-state index in [0.717, 1.165) is 37.0 Å². The first kappa shape index (κ1) is 24.3. The summed E-state index contributed by atoms with van der Waals surface area (Å²) in [5.41, 5.74) is 1.75. The minimum Gasteiger partial charge on any atom is -0.493 e. The molecule has 0 saturated carbocycles. The van der Waals surface area contributed by atoms with Gasteiger partial charge in [0.15, 0.2) is 21.3 Å². The first-order valence-electron chi connectivity index (χ1n) is 11.8. The quantitative estimate of drug-likeness (QED) is 0.547. The number of rotatable bonds is 7. The summed E-state index contributed by atoms with van der Waals surface area (Å²) in [6.07, 6.45) is 9.54. The molecule has 1 aliphatic carbocycles. The van der Waals surface area contributed by atoms with E-state index in [2.05, 4.69) is 12.2 Å². The zero-order valence-electron chi connectivity index (χ0n) is 20.0. The molecule has 1 fully saturated rings. The summed E-state index contributed by atoms with van der Waals surface area (Å²) in [6, 6.07) is 5.72. The lowest BCUT2D eigenvalue weighted by molar-refractivity contribution is -0.145. The number of benzene rings is 1. The van der Waals surface area contributed by atoms with E-state index >= 15 is 0 Å². The Balaban J connectivity index is 1.75. The van der Waals surface area contributed by atoms with Crippen LogP contribution < -0.4 is 9.47 Å². The third-order valence-corrected chi connectivity index (χ3v) is 8.22. The number of nitrogens with zero attached hydrogens (tertiary/aromatic N) is 3. The van der Waals surface area contributed by atoms with Crippen molar-refractivity contribution in [1.29, 1.82) is 0 Å².